The molecule has 6 heteroatoms. The highest BCUT2D eigenvalue weighted by atomic mass is 32.1. The van der Waals surface area contributed by atoms with Gasteiger partial charge in [0.15, 0.2) is 0 Å². The van der Waals surface area contributed by atoms with Crippen molar-refractivity contribution < 1.29 is 9.53 Å². The van der Waals surface area contributed by atoms with Crippen molar-refractivity contribution in [3.05, 3.63) is 34.8 Å². The van der Waals surface area contributed by atoms with Gasteiger partial charge in [-0.25, -0.2) is 4.98 Å². The number of hydrogen-bond donors (Lipinski definition) is 0. The van der Waals surface area contributed by atoms with E-state index in [1.54, 1.807) is 11.3 Å². The number of hydrogen-bond acceptors (Lipinski definition) is 5. The Kier molecular flexibility index (Phi) is 7.97. The fourth-order valence-electron chi connectivity index (χ4n) is 4.46. The molecular formula is C25H35N3O2S. The van der Waals surface area contributed by atoms with Crippen LogP contribution in [0, 0.1) is 6.92 Å². The molecule has 5 nitrogen and oxygen atoms in total. The third kappa shape index (κ3) is 6.30. The van der Waals surface area contributed by atoms with Crippen molar-refractivity contribution in [2.24, 2.45) is 0 Å². The maximum absolute atomic E-state index is 12.6. The normalized spacial score (nSPS) is 17.6. The minimum Gasteiger partial charge on any atom is -0.494 e. The van der Waals surface area contributed by atoms with Crippen molar-refractivity contribution in [1.82, 2.24) is 14.8 Å². The largest absolute Gasteiger partial charge is 0.494 e. The van der Waals surface area contributed by atoms with Gasteiger partial charge in [0.25, 0.3) is 0 Å². The van der Waals surface area contributed by atoms with Crippen LogP contribution in [0.25, 0.3) is 10.6 Å². The van der Waals surface area contributed by atoms with Gasteiger partial charge in [0.1, 0.15) is 10.8 Å². The van der Waals surface area contributed by atoms with Crippen molar-refractivity contribution in [3.8, 4) is 16.3 Å². The number of likely N-dealkylation sites (tertiary alicyclic amines) is 2. The molecule has 4 rings (SSSR count). The van der Waals surface area contributed by atoms with E-state index in [9.17, 15) is 4.79 Å². The second-order valence-corrected chi connectivity index (χ2v) is 9.86. The summed E-state index contributed by atoms with van der Waals surface area (Å²) in [4.78, 5) is 23.0. The van der Waals surface area contributed by atoms with Gasteiger partial charge in [-0.1, -0.05) is 6.42 Å². The number of carbonyl (C=O) groups excluding carboxylic acids is 1. The average molecular weight is 442 g/mol. The summed E-state index contributed by atoms with van der Waals surface area (Å²) < 4.78 is 5.94. The highest BCUT2D eigenvalue weighted by Crippen LogP contribution is 2.30. The first-order valence-corrected chi connectivity index (χ1v) is 12.7. The maximum Gasteiger partial charge on any atom is 0.227 e. The van der Waals surface area contributed by atoms with E-state index >= 15 is 0 Å². The molecule has 3 heterocycles. The topological polar surface area (TPSA) is 45.7 Å². The van der Waals surface area contributed by atoms with Gasteiger partial charge in [0.2, 0.25) is 5.91 Å². The van der Waals surface area contributed by atoms with E-state index in [1.165, 1.54) is 38.8 Å². The summed E-state index contributed by atoms with van der Waals surface area (Å²) in [6.07, 6.45) is 9.11. The lowest BCUT2D eigenvalue weighted by molar-refractivity contribution is -0.131. The molecule has 1 amide bonds. The van der Waals surface area contributed by atoms with Gasteiger partial charge in [-0.3, -0.25) is 4.79 Å². The molecule has 0 radical (unpaired) electrons. The zero-order valence-electron chi connectivity index (χ0n) is 18.8. The Morgan fingerprint density at radius 3 is 2.39 bits per heavy atom. The highest BCUT2D eigenvalue weighted by Gasteiger charge is 2.19. The smallest absolute Gasteiger partial charge is 0.227 e. The van der Waals surface area contributed by atoms with Crippen molar-refractivity contribution >= 4 is 17.2 Å². The van der Waals surface area contributed by atoms with Gasteiger partial charge in [-0.05, 0) is 82.8 Å². The minimum absolute atomic E-state index is 0.242. The Bertz CT molecular complexity index is 837. The predicted molar refractivity (Wildman–Crippen MR) is 127 cm³/mol. The minimum atomic E-state index is 0.242. The van der Waals surface area contributed by atoms with E-state index in [2.05, 4.69) is 17.0 Å². The number of ether oxygens (including phenoxy) is 1. The van der Waals surface area contributed by atoms with Crippen LogP contribution in [0.5, 0.6) is 5.75 Å². The molecule has 168 valence electrons. The Morgan fingerprint density at radius 1 is 1.00 bits per heavy atom. The summed E-state index contributed by atoms with van der Waals surface area (Å²) in [6, 6.07) is 8.22. The van der Waals surface area contributed by atoms with Gasteiger partial charge in [-0.2, -0.15) is 0 Å². The van der Waals surface area contributed by atoms with Crippen LogP contribution in [0.2, 0.25) is 0 Å². The van der Waals surface area contributed by atoms with Crippen LogP contribution in [-0.2, 0) is 11.2 Å². The number of thiazole rings is 1. The van der Waals surface area contributed by atoms with E-state index in [4.69, 9.17) is 9.72 Å². The molecule has 1 aromatic carbocycles. The maximum atomic E-state index is 12.6. The van der Waals surface area contributed by atoms with Crippen LogP contribution < -0.4 is 4.74 Å². The first-order chi connectivity index (χ1) is 15.2. The first-order valence-electron chi connectivity index (χ1n) is 11.9. The molecule has 2 fully saturated rings. The van der Waals surface area contributed by atoms with Crippen LogP contribution in [-0.4, -0.2) is 60.0 Å². The second kappa shape index (κ2) is 11.1. The third-order valence-electron chi connectivity index (χ3n) is 6.35. The van der Waals surface area contributed by atoms with Crippen LogP contribution in [0.1, 0.15) is 55.5 Å². The lowest BCUT2D eigenvalue weighted by Crippen LogP contribution is -2.36. The van der Waals surface area contributed by atoms with E-state index < -0.39 is 0 Å². The molecule has 2 aromatic rings. The molecule has 2 saturated heterocycles. The lowest BCUT2D eigenvalue weighted by atomic mass is 10.1. The number of amides is 1. The fourth-order valence-corrected chi connectivity index (χ4v) is 5.52. The molecule has 0 atom stereocenters. The summed E-state index contributed by atoms with van der Waals surface area (Å²) in [6.45, 7) is 8.20. The average Bonchev–Trinajstić information content (AvgIpc) is 3.18. The van der Waals surface area contributed by atoms with Gasteiger partial charge in [0.05, 0.1) is 18.7 Å². The molecule has 2 aliphatic rings. The molecule has 0 N–H and O–H groups in total. The molecule has 0 bridgehead atoms. The van der Waals surface area contributed by atoms with Crippen molar-refractivity contribution in [1.29, 1.82) is 0 Å². The van der Waals surface area contributed by atoms with Crippen LogP contribution in [0.15, 0.2) is 24.3 Å². The number of benzene rings is 1. The Balaban J connectivity index is 1.27. The Hall–Kier alpha value is -1.92. The van der Waals surface area contributed by atoms with Gasteiger partial charge >= 0.3 is 0 Å². The van der Waals surface area contributed by atoms with Crippen molar-refractivity contribution in [2.45, 2.75) is 58.3 Å². The van der Waals surface area contributed by atoms with Gasteiger partial charge < -0.3 is 14.5 Å². The molecule has 1 aromatic heterocycles. The molecule has 0 aliphatic carbocycles. The summed E-state index contributed by atoms with van der Waals surface area (Å²) >= 11 is 1.64. The Morgan fingerprint density at radius 2 is 1.68 bits per heavy atom. The summed E-state index contributed by atoms with van der Waals surface area (Å²) in [7, 11) is 0. The molecular weight excluding hydrogens is 406 g/mol. The number of aryl methyl sites for hydroxylation is 1. The lowest BCUT2D eigenvalue weighted by Gasteiger charge is -2.26. The molecule has 0 saturated carbocycles. The van der Waals surface area contributed by atoms with Crippen molar-refractivity contribution in [2.75, 3.05) is 39.3 Å². The monoisotopic (exact) mass is 441 g/mol. The summed E-state index contributed by atoms with van der Waals surface area (Å²) in [5, 5.41) is 0.982. The number of rotatable bonds is 8. The quantitative estimate of drug-likeness (QED) is 0.545. The molecule has 0 unspecified atom stereocenters. The first kappa shape index (κ1) is 22.3. The number of piperidine rings is 2. The number of carbonyl (C=O) groups is 1. The highest BCUT2D eigenvalue weighted by molar-refractivity contribution is 7.15. The third-order valence-corrected chi connectivity index (χ3v) is 7.56. The SMILES string of the molecule is Cc1nc(-c2ccc(OCCCN3CCCCC3)cc2)sc1CC(=O)N1CCCCC1. The second-order valence-electron chi connectivity index (χ2n) is 8.77. The van der Waals surface area contributed by atoms with E-state index in [-0.39, 0.29) is 5.91 Å². The fraction of sp³-hybridized carbons (Fsp3) is 0.600. The van der Waals surface area contributed by atoms with Crippen LogP contribution in [0.4, 0.5) is 0 Å². The molecule has 0 spiro atoms. The van der Waals surface area contributed by atoms with E-state index in [0.29, 0.717) is 6.42 Å². The van der Waals surface area contributed by atoms with Crippen LogP contribution >= 0.6 is 11.3 Å². The van der Waals surface area contributed by atoms with Gasteiger partial charge in [-0.15, -0.1) is 11.3 Å². The van der Waals surface area contributed by atoms with Crippen molar-refractivity contribution in [3.63, 3.8) is 0 Å². The Labute approximate surface area is 190 Å². The predicted octanol–water partition coefficient (Wildman–Crippen LogP) is 4.93. The van der Waals surface area contributed by atoms with E-state index in [1.807, 2.05) is 24.0 Å². The number of nitrogens with zero attached hydrogens (tertiary/aromatic N) is 3. The number of aromatic nitrogens is 1. The van der Waals surface area contributed by atoms with Gasteiger partial charge in [0, 0.05) is 30.1 Å². The summed E-state index contributed by atoms with van der Waals surface area (Å²) in [5.41, 5.74) is 2.06. The standard InChI is InChI=1S/C25H35N3O2S/c1-20-23(19-24(29)28-16-6-3-7-17-28)31-25(26-20)21-9-11-22(12-10-21)30-18-8-15-27-13-4-2-5-14-27/h9-12H,2-8,13-19H2,1H3. The molecule has 31 heavy (non-hydrogen) atoms. The van der Waals surface area contributed by atoms with Crippen LogP contribution in [0.3, 0.4) is 0 Å². The zero-order valence-corrected chi connectivity index (χ0v) is 19.6. The zero-order chi connectivity index (χ0) is 21.5. The molecule has 2 aliphatic heterocycles. The summed E-state index contributed by atoms with van der Waals surface area (Å²) in [5.74, 6) is 1.16. The van der Waals surface area contributed by atoms with E-state index in [0.717, 1.165) is 72.4 Å².